The molecule has 162 valence electrons. The quantitative estimate of drug-likeness (QED) is 0.475. The number of amides is 3. The van der Waals surface area contributed by atoms with Crippen LogP contribution >= 0.6 is 0 Å². The predicted octanol–water partition coefficient (Wildman–Crippen LogP) is 3.32. The van der Waals surface area contributed by atoms with Crippen molar-refractivity contribution in [1.82, 2.24) is 0 Å². The number of nitrogens with one attached hydrogen (secondary N) is 1. The Bertz CT molecular complexity index is 1290. The fourth-order valence-electron chi connectivity index (χ4n) is 3.59. The standard InChI is InChI=1S/C24H21N3O5/c1-3-26(4-2)18-8-5-15-13-19(24(31)32-20(15)14-18)23(30)25-16-6-9-17(10-7-16)27-21(28)11-12-22(27)29/h5-14H,3-4H2,1-2H3,(H,25,30). The van der Waals surface area contributed by atoms with E-state index in [1.54, 1.807) is 18.2 Å². The molecular weight excluding hydrogens is 410 g/mol. The Morgan fingerprint density at radius 3 is 2.22 bits per heavy atom. The lowest BCUT2D eigenvalue weighted by atomic mass is 10.1. The molecule has 3 aromatic rings. The lowest BCUT2D eigenvalue weighted by Gasteiger charge is -2.21. The molecule has 0 fully saturated rings. The maximum atomic E-state index is 12.7. The summed E-state index contributed by atoms with van der Waals surface area (Å²) in [5.41, 5.74) is 1.29. The van der Waals surface area contributed by atoms with Crippen molar-refractivity contribution in [3.63, 3.8) is 0 Å². The molecule has 1 aliphatic heterocycles. The third-order valence-corrected chi connectivity index (χ3v) is 5.29. The Labute approximate surface area is 183 Å². The third-order valence-electron chi connectivity index (χ3n) is 5.29. The summed E-state index contributed by atoms with van der Waals surface area (Å²) in [5, 5.41) is 3.28. The molecule has 4 rings (SSSR count). The van der Waals surface area contributed by atoms with Crippen LogP contribution in [0.1, 0.15) is 24.2 Å². The predicted molar refractivity (Wildman–Crippen MR) is 122 cm³/mol. The first-order valence-corrected chi connectivity index (χ1v) is 10.2. The average Bonchev–Trinajstić information content (AvgIpc) is 3.12. The molecule has 8 heteroatoms. The molecule has 8 nitrogen and oxygen atoms in total. The van der Waals surface area contributed by atoms with Crippen molar-refractivity contribution in [2.24, 2.45) is 0 Å². The van der Waals surface area contributed by atoms with Gasteiger partial charge in [0.15, 0.2) is 0 Å². The fraction of sp³-hybridized carbons (Fsp3) is 0.167. The summed E-state index contributed by atoms with van der Waals surface area (Å²) in [7, 11) is 0. The highest BCUT2D eigenvalue weighted by Gasteiger charge is 2.25. The van der Waals surface area contributed by atoms with E-state index in [2.05, 4.69) is 10.2 Å². The Balaban J connectivity index is 1.55. The van der Waals surface area contributed by atoms with E-state index >= 15 is 0 Å². The summed E-state index contributed by atoms with van der Waals surface area (Å²) in [6.07, 6.45) is 2.39. The van der Waals surface area contributed by atoms with E-state index in [0.717, 1.165) is 23.7 Å². The number of hydrogen-bond acceptors (Lipinski definition) is 6. The van der Waals surface area contributed by atoms with E-state index in [0.29, 0.717) is 22.3 Å². The molecule has 0 radical (unpaired) electrons. The molecule has 1 N–H and O–H groups in total. The third kappa shape index (κ3) is 3.90. The first-order valence-electron chi connectivity index (χ1n) is 10.2. The van der Waals surface area contributed by atoms with Gasteiger partial charge in [0.2, 0.25) is 0 Å². The van der Waals surface area contributed by atoms with E-state index in [1.165, 1.54) is 30.4 Å². The summed E-state index contributed by atoms with van der Waals surface area (Å²) in [4.78, 5) is 51.8. The van der Waals surface area contributed by atoms with Crippen molar-refractivity contribution >= 4 is 45.8 Å². The second-order valence-corrected chi connectivity index (χ2v) is 7.19. The fourth-order valence-corrected chi connectivity index (χ4v) is 3.59. The summed E-state index contributed by atoms with van der Waals surface area (Å²) >= 11 is 0. The van der Waals surface area contributed by atoms with Gasteiger partial charge >= 0.3 is 5.63 Å². The van der Waals surface area contributed by atoms with Gasteiger partial charge in [0, 0.05) is 48.1 Å². The zero-order valence-corrected chi connectivity index (χ0v) is 17.6. The lowest BCUT2D eigenvalue weighted by Crippen LogP contribution is -2.29. The minimum Gasteiger partial charge on any atom is -0.422 e. The van der Waals surface area contributed by atoms with Gasteiger partial charge in [0.05, 0.1) is 5.69 Å². The Kier molecular flexibility index (Phi) is 5.59. The van der Waals surface area contributed by atoms with E-state index in [4.69, 9.17) is 4.42 Å². The van der Waals surface area contributed by atoms with Gasteiger partial charge in [0.1, 0.15) is 11.1 Å². The van der Waals surface area contributed by atoms with Crippen molar-refractivity contribution in [2.45, 2.75) is 13.8 Å². The van der Waals surface area contributed by atoms with Crippen LogP contribution in [0.3, 0.4) is 0 Å². The normalized spacial score (nSPS) is 13.1. The van der Waals surface area contributed by atoms with Crippen molar-refractivity contribution < 1.29 is 18.8 Å². The van der Waals surface area contributed by atoms with E-state index in [-0.39, 0.29) is 5.56 Å². The van der Waals surface area contributed by atoms with Crippen molar-refractivity contribution in [3.8, 4) is 0 Å². The lowest BCUT2D eigenvalue weighted by molar-refractivity contribution is -0.119. The van der Waals surface area contributed by atoms with E-state index in [9.17, 15) is 19.2 Å². The summed E-state index contributed by atoms with van der Waals surface area (Å²) < 4.78 is 5.41. The highest BCUT2D eigenvalue weighted by atomic mass is 16.4. The first-order chi connectivity index (χ1) is 15.4. The van der Waals surface area contributed by atoms with Gasteiger partial charge in [0.25, 0.3) is 17.7 Å². The monoisotopic (exact) mass is 431 g/mol. The minimum atomic E-state index is -0.734. The van der Waals surface area contributed by atoms with Crippen LogP contribution in [0.25, 0.3) is 11.0 Å². The molecule has 0 saturated heterocycles. The van der Waals surface area contributed by atoms with Gasteiger partial charge in [-0.15, -0.1) is 0 Å². The Hall–Kier alpha value is -4.20. The molecule has 0 spiro atoms. The maximum absolute atomic E-state index is 12.7. The first kappa shape index (κ1) is 21.0. The zero-order valence-electron chi connectivity index (χ0n) is 17.6. The topological polar surface area (TPSA) is 99.9 Å². The molecule has 32 heavy (non-hydrogen) atoms. The number of nitrogens with zero attached hydrogens (tertiary/aromatic N) is 2. The molecule has 0 aliphatic carbocycles. The zero-order chi connectivity index (χ0) is 22.8. The molecular formula is C24H21N3O5. The van der Waals surface area contributed by atoms with Crippen LogP contribution in [-0.4, -0.2) is 30.8 Å². The number of benzene rings is 2. The van der Waals surface area contributed by atoms with Crippen LogP contribution < -0.4 is 20.7 Å². The van der Waals surface area contributed by atoms with Crippen molar-refractivity contribution in [1.29, 1.82) is 0 Å². The van der Waals surface area contributed by atoms with Gasteiger partial charge in [-0.05, 0) is 56.3 Å². The number of imide groups is 1. The van der Waals surface area contributed by atoms with Crippen LogP contribution in [0.2, 0.25) is 0 Å². The Morgan fingerprint density at radius 1 is 0.938 bits per heavy atom. The smallest absolute Gasteiger partial charge is 0.349 e. The van der Waals surface area contributed by atoms with Crippen LogP contribution in [0.4, 0.5) is 17.1 Å². The Morgan fingerprint density at radius 2 is 1.59 bits per heavy atom. The van der Waals surface area contributed by atoms with Crippen molar-refractivity contribution in [3.05, 3.63) is 76.7 Å². The SMILES string of the molecule is CCN(CC)c1ccc2cc(C(=O)Nc3ccc(N4C(=O)C=CC4=O)cc3)c(=O)oc2c1. The second kappa shape index (κ2) is 8.50. The number of rotatable bonds is 6. The number of anilines is 3. The average molecular weight is 431 g/mol. The maximum Gasteiger partial charge on any atom is 0.349 e. The molecule has 1 aliphatic rings. The molecule has 0 unspecified atom stereocenters. The molecule has 2 heterocycles. The molecule has 0 bridgehead atoms. The number of carbonyl (C=O) groups is 3. The van der Waals surface area contributed by atoms with Gasteiger partial charge in [-0.2, -0.15) is 0 Å². The van der Waals surface area contributed by atoms with Crippen LogP contribution in [0.5, 0.6) is 0 Å². The van der Waals surface area contributed by atoms with Crippen LogP contribution in [-0.2, 0) is 9.59 Å². The molecule has 2 aromatic carbocycles. The molecule has 1 aromatic heterocycles. The molecule has 3 amide bonds. The van der Waals surface area contributed by atoms with Gasteiger partial charge in [-0.25, -0.2) is 9.69 Å². The minimum absolute atomic E-state index is 0.119. The summed E-state index contributed by atoms with van der Waals surface area (Å²) in [5.74, 6) is -1.47. The summed E-state index contributed by atoms with van der Waals surface area (Å²) in [6.45, 7) is 5.73. The van der Waals surface area contributed by atoms with Crippen LogP contribution in [0, 0.1) is 0 Å². The van der Waals surface area contributed by atoms with E-state index in [1.807, 2.05) is 26.0 Å². The highest BCUT2D eigenvalue weighted by Crippen LogP contribution is 2.23. The van der Waals surface area contributed by atoms with Crippen molar-refractivity contribution in [2.75, 3.05) is 28.2 Å². The number of hydrogen-bond donors (Lipinski definition) is 1. The largest absolute Gasteiger partial charge is 0.422 e. The second-order valence-electron chi connectivity index (χ2n) is 7.19. The van der Waals surface area contributed by atoms with Gasteiger partial charge < -0.3 is 14.6 Å². The summed E-state index contributed by atoms with van der Waals surface area (Å²) in [6, 6.07) is 13.2. The number of fused-ring (bicyclic) bond motifs is 1. The van der Waals surface area contributed by atoms with Crippen LogP contribution in [0.15, 0.2) is 69.9 Å². The highest BCUT2D eigenvalue weighted by molar-refractivity contribution is 6.28. The van der Waals surface area contributed by atoms with Gasteiger partial charge in [-0.1, -0.05) is 0 Å². The molecule has 0 atom stereocenters. The van der Waals surface area contributed by atoms with Gasteiger partial charge in [-0.3, -0.25) is 14.4 Å². The molecule has 0 saturated carbocycles. The van der Waals surface area contributed by atoms with E-state index < -0.39 is 23.3 Å². The number of carbonyl (C=O) groups excluding carboxylic acids is 3.